The van der Waals surface area contributed by atoms with E-state index in [4.69, 9.17) is 5.11 Å². The zero-order chi connectivity index (χ0) is 16.4. The lowest BCUT2D eigenvalue weighted by molar-refractivity contribution is -0.154. The highest BCUT2D eigenvalue weighted by molar-refractivity contribution is 5.98. The molecular weight excluding hydrogens is 305 g/mol. The van der Waals surface area contributed by atoms with Crippen molar-refractivity contribution in [3.05, 3.63) is 23.9 Å². The molecule has 1 aromatic rings. The molecular formula is C13H13F3N2O4. The van der Waals surface area contributed by atoms with Crippen molar-refractivity contribution in [1.29, 1.82) is 0 Å². The Labute approximate surface area is 123 Å². The molecule has 0 unspecified atom stereocenters. The number of nitrogens with zero attached hydrogens (tertiary/aromatic N) is 1. The summed E-state index contributed by atoms with van der Waals surface area (Å²) in [6.07, 6.45) is -2.08. The van der Waals surface area contributed by atoms with Crippen LogP contribution in [0.15, 0.2) is 18.3 Å². The molecule has 120 valence electrons. The number of hydrogen-bond donors (Lipinski definition) is 2. The van der Waals surface area contributed by atoms with Gasteiger partial charge in [0.2, 0.25) is 5.88 Å². The summed E-state index contributed by atoms with van der Waals surface area (Å²) in [5, 5.41) is 11.5. The number of aromatic nitrogens is 1. The first kappa shape index (κ1) is 16.1. The molecule has 0 saturated heterocycles. The number of carboxylic acids is 1. The van der Waals surface area contributed by atoms with Gasteiger partial charge in [-0.05, 0) is 25.3 Å². The van der Waals surface area contributed by atoms with E-state index in [2.05, 4.69) is 15.0 Å². The Morgan fingerprint density at radius 2 is 2.09 bits per heavy atom. The Bertz CT molecular complexity index is 585. The minimum Gasteiger partial charge on any atom is -0.480 e. The molecule has 2 N–H and O–H groups in total. The third kappa shape index (κ3) is 3.66. The zero-order valence-electron chi connectivity index (χ0n) is 11.3. The predicted molar refractivity (Wildman–Crippen MR) is 67.5 cm³/mol. The van der Waals surface area contributed by atoms with Crippen molar-refractivity contribution in [1.82, 2.24) is 10.3 Å². The maximum Gasteiger partial charge on any atom is 0.422 e. The summed E-state index contributed by atoms with van der Waals surface area (Å²) in [7, 11) is 0. The van der Waals surface area contributed by atoms with Crippen LogP contribution < -0.4 is 10.1 Å². The summed E-state index contributed by atoms with van der Waals surface area (Å²) in [5.41, 5.74) is -1.31. The van der Waals surface area contributed by atoms with Crippen molar-refractivity contribution in [2.45, 2.75) is 31.0 Å². The van der Waals surface area contributed by atoms with Crippen LogP contribution in [0, 0.1) is 0 Å². The van der Waals surface area contributed by atoms with Crippen molar-refractivity contribution in [3.63, 3.8) is 0 Å². The fourth-order valence-corrected chi connectivity index (χ4v) is 2.00. The number of rotatable bonds is 5. The number of amides is 1. The van der Waals surface area contributed by atoms with Crippen LogP contribution in [-0.2, 0) is 4.79 Å². The van der Waals surface area contributed by atoms with E-state index in [0.29, 0.717) is 19.3 Å². The van der Waals surface area contributed by atoms with Gasteiger partial charge in [-0.15, -0.1) is 0 Å². The molecule has 0 spiro atoms. The number of pyridine rings is 1. The van der Waals surface area contributed by atoms with Gasteiger partial charge < -0.3 is 15.2 Å². The predicted octanol–water partition coefficient (Wildman–Crippen LogP) is 1.76. The summed E-state index contributed by atoms with van der Waals surface area (Å²) in [4.78, 5) is 26.8. The van der Waals surface area contributed by atoms with Gasteiger partial charge in [-0.2, -0.15) is 13.2 Å². The van der Waals surface area contributed by atoms with Gasteiger partial charge in [0.05, 0.1) is 0 Å². The molecule has 22 heavy (non-hydrogen) atoms. The van der Waals surface area contributed by atoms with Gasteiger partial charge in [-0.3, -0.25) is 4.79 Å². The van der Waals surface area contributed by atoms with Crippen molar-refractivity contribution >= 4 is 11.9 Å². The van der Waals surface area contributed by atoms with Crippen molar-refractivity contribution in [3.8, 4) is 5.88 Å². The van der Waals surface area contributed by atoms with Gasteiger partial charge >= 0.3 is 12.1 Å². The number of halogens is 3. The van der Waals surface area contributed by atoms with Crippen LogP contribution in [0.1, 0.15) is 29.6 Å². The number of alkyl halides is 3. The van der Waals surface area contributed by atoms with Crippen LogP contribution in [0.4, 0.5) is 13.2 Å². The first-order chi connectivity index (χ1) is 10.2. The SMILES string of the molecule is O=C(NC1(C(=O)O)CCC1)c1ccnc(OCC(F)(F)F)c1. The molecule has 0 radical (unpaired) electrons. The van der Waals surface area contributed by atoms with Crippen LogP contribution in [0.3, 0.4) is 0 Å². The van der Waals surface area contributed by atoms with Crippen molar-refractivity contribution < 1.29 is 32.6 Å². The fourth-order valence-electron chi connectivity index (χ4n) is 2.00. The second kappa shape index (κ2) is 5.82. The quantitative estimate of drug-likeness (QED) is 0.863. The van der Waals surface area contributed by atoms with Gasteiger partial charge in [0.25, 0.3) is 5.91 Å². The lowest BCUT2D eigenvalue weighted by Gasteiger charge is -2.38. The first-order valence-corrected chi connectivity index (χ1v) is 6.43. The molecule has 1 saturated carbocycles. The number of aliphatic carboxylic acids is 1. The van der Waals surface area contributed by atoms with E-state index in [1.807, 2.05) is 0 Å². The van der Waals surface area contributed by atoms with E-state index in [9.17, 15) is 22.8 Å². The minimum atomic E-state index is -4.51. The Kier molecular flexibility index (Phi) is 4.25. The molecule has 1 aliphatic rings. The number of ether oxygens (including phenoxy) is 1. The molecule has 0 aliphatic heterocycles. The monoisotopic (exact) mass is 318 g/mol. The third-order valence-electron chi connectivity index (χ3n) is 3.35. The topological polar surface area (TPSA) is 88.5 Å². The molecule has 1 aliphatic carbocycles. The van der Waals surface area contributed by atoms with Gasteiger partial charge in [-0.25, -0.2) is 9.78 Å². The lowest BCUT2D eigenvalue weighted by atomic mass is 9.76. The standard InChI is InChI=1S/C13H13F3N2O4/c14-13(15,16)7-22-9-6-8(2-5-17-9)10(19)18-12(11(20)21)3-1-4-12/h2,5-6H,1,3-4,7H2,(H,18,19)(H,20,21). The van der Waals surface area contributed by atoms with Crippen molar-refractivity contribution in [2.75, 3.05) is 6.61 Å². The van der Waals surface area contributed by atoms with Gasteiger partial charge in [0.15, 0.2) is 6.61 Å². The maximum absolute atomic E-state index is 12.1. The largest absolute Gasteiger partial charge is 0.480 e. The Hall–Kier alpha value is -2.32. The molecule has 0 bridgehead atoms. The summed E-state index contributed by atoms with van der Waals surface area (Å²) < 4.78 is 40.7. The van der Waals surface area contributed by atoms with Gasteiger partial charge in [0, 0.05) is 17.8 Å². The smallest absolute Gasteiger partial charge is 0.422 e. The molecule has 1 fully saturated rings. The number of carbonyl (C=O) groups is 2. The highest BCUT2D eigenvalue weighted by atomic mass is 19.4. The fraction of sp³-hybridized carbons (Fsp3) is 0.462. The Morgan fingerprint density at radius 1 is 1.41 bits per heavy atom. The molecule has 0 atom stereocenters. The second-order valence-corrected chi connectivity index (χ2v) is 4.98. The zero-order valence-corrected chi connectivity index (χ0v) is 11.3. The van der Waals surface area contributed by atoms with E-state index in [-0.39, 0.29) is 11.4 Å². The summed E-state index contributed by atoms with van der Waals surface area (Å²) in [6.45, 7) is -1.52. The Balaban J connectivity index is 2.05. The van der Waals surface area contributed by atoms with E-state index in [1.54, 1.807) is 0 Å². The first-order valence-electron chi connectivity index (χ1n) is 6.43. The summed E-state index contributed by atoms with van der Waals surface area (Å²) >= 11 is 0. The third-order valence-corrected chi connectivity index (χ3v) is 3.35. The van der Waals surface area contributed by atoms with E-state index in [0.717, 1.165) is 12.3 Å². The Morgan fingerprint density at radius 3 is 2.59 bits per heavy atom. The lowest BCUT2D eigenvalue weighted by Crippen LogP contribution is -2.59. The number of carboxylic acid groups (broad SMARTS) is 1. The van der Waals surface area contributed by atoms with Crippen molar-refractivity contribution in [2.24, 2.45) is 0 Å². The molecule has 1 amide bonds. The number of nitrogens with one attached hydrogen (secondary N) is 1. The average molecular weight is 318 g/mol. The molecule has 1 heterocycles. The van der Waals surface area contributed by atoms with Gasteiger partial charge in [-0.1, -0.05) is 0 Å². The van der Waals surface area contributed by atoms with E-state index >= 15 is 0 Å². The second-order valence-electron chi connectivity index (χ2n) is 4.98. The normalized spacial score (nSPS) is 16.5. The summed E-state index contributed by atoms with van der Waals surface area (Å²) in [6, 6.07) is 2.30. The van der Waals surface area contributed by atoms with Gasteiger partial charge in [0.1, 0.15) is 5.54 Å². The number of carbonyl (C=O) groups excluding carboxylic acids is 1. The summed E-state index contributed by atoms with van der Waals surface area (Å²) in [5.74, 6) is -2.18. The van der Waals surface area contributed by atoms with E-state index in [1.165, 1.54) is 6.07 Å². The molecule has 2 rings (SSSR count). The minimum absolute atomic E-state index is 0.0142. The maximum atomic E-state index is 12.1. The number of hydrogen-bond acceptors (Lipinski definition) is 4. The highest BCUT2D eigenvalue weighted by Crippen LogP contribution is 2.32. The van der Waals surface area contributed by atoms with Crippen LogP contribution in [0.25, 0.3) is 0 Å². The van der Waals surface area contributed by atoms with Crippen LogP contribution in [-0.4, -0.2) is 40.3 Å². The van der Waals surface area contributed by atoms with E-state index < -0.39 is 30.2 Å². The molecule has 0 aromatic carbocycles. The van der Waals surface area contributed by atoms with Crippen LogP contribution in [0.2, 0.25) is 0 Å². The molecule has 9 heteroatoms. The van der Waals surface area contributed by atoms with Crippen LogP contribution >= 0.6 is 0 Å². The molecule has 6 nitrogen and oxygen atoms in total. The highest BCUT2D eigenvalue weighted by Gasteiger charge is 2.45. The average Bonchev–Trinajstić information content (AvgIpc) is 2.39. The van der Waals surface area contributed by atoms with Crippen LogP contribution in [0.5, 0.6) is 5.88 Å². The molecule has 1 aromatic heterocycles.